The number of aromatic nitrogens is 2. The summed E-state index contributed by atoms with van der Waals surface area (Å²) in [6.45, 7) is 0.975. The molecule has 0 saturated carbocycles. The molecule has 0 radical (unpaired) electrons. The van der Waals surface area contributed by atoms with Crippen LogP contribution in [0.2, 0.25) is 0 Å². The first-order valence-corrected chi connectivity index (χ1v) is 6.20. The second kappa shape index (κ2) is 5.70. The Hall–Kier alpha value is -1.77. The maximum Gasteiger partial charge on any atom is 0.330 e. The van der Waals surface area contributed by atoms with E-state index in [4.69, 9.17) is 9.84 Å². The van der Waals surface area contributed by atoms with E-state index in [-0.39, 0.29) is 30.8 Å². The predicted molar refractivity (Wildman–Crippen MR) is 67.3 cm³/mol. The van der Waals surface area contributed by atoms with E-state index in [0.29, 0.717) is 0 Å². The van der Waals surface area contributed by atoms with Crippen LogP contribution in [-0.4, -0.2) is 44.4 Å². The van der Waals surface area contributed by atoms with Crippen molar-refractivity contribution in [1.82, 2.24) is 9.55 Å². The van der Waals surface area contributed by atoms with Crippen molar-refractivity contribution in [2.75, 3.05) is 6.61 Å². The predicted octanol–water partition coefficient (Wildman–Crippen LogP) is -1.69. The van der Waals surface area contributed by atoms with E-state index in [1.54, 1.807) is 0 Å². The summed E-state index contributed by atoms with van der Waals surface area (Å²) in [5, 5.41) is 18.7. The fourth-order valence-corrected chi connectivity index (χ4v) is 2.19. The molecule has 3 atom stereocenters. The van der Waals surface area contributed by atoms with Crippen molar-refractivity contribution in [2.45, 2.75) is 38.2 Å². The van der Waals surface area contributed by atoms with Crippen LogP contribution in [0.3, 0.4) is 0 Å². The Bertz CT molecular complexity index is 619. The summed E-state index contributed by atoms with van der Waals surface area (Å²) >= 11 is 0. The van der Waals surface area contributed by atoms with E-state index < -0.39 is 29.7 Å². The number of nitrogens with zero attached hydrogens (tertiary/aromatic N) is 1. The van der Waals surface area contributed by atoms with E-state index in [0.717, 1.165) is 4.57 Å². The highest BCUT2D eigenvalue weighted by molar-refractivity contribution is 5.77. The zero-order valence-corrected chi connectivity index (χ0v) is 10.9. The second-order valence-corrected chi connectivity index (χ2v) is 4.81. The van der Waals surface area contributed by atoms with Gasteiger partial charge in [-0.2, -0.15) is 0 Å². The normalized spacial score (nSPS) is 25.9. The maximum atomic E-state index is 11.8. The minimum absolute atomic E-state index is 0.0890. The van der Waals surface area contributed by atoms with Crippen LogP contribution in [0.25, 0.3) is 0 Å². The minimum atomic E-state index is -0.889. The van der Waals surface area contributed by atoms with Crippen molar-refractivity contribution >= 4 is 5.78 Å². The number of rotatable bonds is 4. The number of hydrogen-bond donors (Lipinski definition) is 3. The largest absolute Gasteiger partial charge is 0.394 e. The highest BCUT2D eigenvalue weighted by Gasteiger charge is 2.35. The number of carbonyl (C=O) groups is 1. The number of carbonyl (C=O) groups excluding carboxylic acids is 1. The lowest BCUT2D eigenvalue weighted by Gasteiger charge is -2.15. The van der Waals surface area contributed by atoms with Gasteiger partial charge < -0.3 is 14.9 Å². The van der Waals surface area contributed by atoms with Gasteiger partial charge in [0, 0.05) is 24.6 Å². The molecule has 8 nitrogen and oxygen atoms in total. The van der Waals surface area contributed by atoms with Gasteiger partial charge in [-0.05, 0) is 6.92 Å². The molecule has 3 N–H and O–H groups in total. The zero-order valence-electron chi connectivity index (χ0n) is 10.9. The van der Waals surface area contributed by atoms with Crippen molar-refractivity contribution < 1.29 is 19.7 Å². The third-order valence-electron chi connectivity index (χ3n) is 3.18. The van der Waals surface area contributed by atoms with Gasteiger partial charge in [0.05, 0.1) is 12.7 Å². The summed E-state index contributed by atoms with van der Waals surface area (Å²) in [5.74, 6) is -0.207. The Morgan fingerprint density at radius 2 is 2.25 bits per heavy atom. The Balaban J connectivity index is 2.35. The van der Waals surface area contributed by atoms with E-state index in [1.807, 2.05) is 0 Å². The number of nitrogens with one attached hydrogen (secondary N) is 1. The van der Waals surface area contributed by atoms with Gasteiger partial charge in [0.1, 0.15) is 18.1 Å². The van der Waals surface area contributed by atoms with E-state index in [1.165, 1.54) is 13.1 Å². The Morgan fingerprint density at radius 3 is 2.80 bits per heavy atom. The smallest absolute Gasteiger partial charge is 0.330 e. The van der Waals surface area contributed by atoms with Crippen LogP contribution in [0.5, 0.6) is 0 Å². The molecule has 1 saturated heterocycles. The van der Waals surface area contributed by atoms with Gasteiger partial charge in [0.25, 0.3) is 5.56 Å². The molecule has 1 aromatic heterocycles. The summed E-state index contributed by atoms with van der Waals surface area (Å²) < 4.78 is 6.47. The van der Waals surface area contributed by atoms with E-state index >= 15 is 0 Å². The van der Waals surface area contributed by atoms with Gasteiger partial charge in [-0.1, -0.05) is 0 Å². The Kier molecular flexibility index (Phi) is 4.17. The Labute approximate surface area is 113 Å². The van der Waals surface area contributed by atoms with Crippen LogP contribution >= 0.6 is 0 Å². The van der Waals surface area contributed by atoms with Crippen LogP contribution in [0.4, 0.5) is 0 Å². The molecule has 0 bridgehead atoms. The molecule has 2 heterocycles. The van der Waals surface area contributed by atoms with E-state index in [2.05, 4.69) is 4.98 Å². The molecule has 1 aromatic rings. The number of aromatic amines is 1. The number of H-pyrrole nitrogens is 1. The third-order valence-corrected chi connectivity index (χ3v) is 3.18. The fraction of sp³-hybridized carbons (Fsp3) is 0.583. The molecule has 2 rings (SSSR count). The molecule has 20 heavy (non-hydrogen) atoms. The average Bonchev–Trinajstić information content (AvgIpc) is 2.73. The number of aliphatic hydroxyl groups is 2. The van der Waals surface area contributed by atoms with Gasteiger partial charge in [0.2, 0.25) is 0 Å². The van der Waals surface area contributed by atoms with Crippen LogP contribution in [0.1, 0.15) is 25.1 Å². The molecule has 1 aliphatic heterocycles. The fourth-order valence-electron chi connectivity index (χ4n) is 2.19. The van der Waals surface area contributed by atoms with Crippen molar-refractivity contribution in [1.29, 1.82) is 0 Å². The molecular formula is C12H16N2O6. The van der Waals surface area contributed by atoms with Crippen molar-refractivity contribution in [2.24, 2.45) is 0 Å². The maximum absolute atomic E-state index is 11.8. The average molecular weight is 284 g/mol. The molecular weight excluding hydrogens is 268 g/mol. The number of ether oxygens (including phenoxy) is 1. The summed E-state index contributed by atoms with van der Waals surface area (Å²) in [4.78, 5) is 36.5. The minimum Gasteiger partial charge on any atom is -0.394 e. The molecule has 1 aliphatic rings. The molecule has 0 unspecified atom stereocenters. The lowest BCUT2D eigenvalue weighted by atomic mass is 10.2. The van der Waals surface area contributed by atoms with Gasteiger partial charge >= 0.3 is 5.69 Å². The van der Waals surface area contributed by atoms with Gasteiger partial charge in [-0.3, -0.25) is 19.1 Å². The molecule has 0 spiro atoms. The number of Topliss-reactive ketones (excluding diaryl/α,β-unsaturated/α-hetero) is 1. The van der Waals surface area contributed by atoms with Gasteiger partial charge in [0.15, 0.2) is 0 Å². The molecule has 8 heteroatoms. The summed E-state index contributed by atoms with van der Waals surface area (Å²) in [6.07, 6.45) is -1.14. The van der Waals surface area contributed by atoms with Crippen LogP contribution < -0.4 is 11.2 Å². The van der Waals surface area contributed by atoms with Crippen LogP contribution in [0.15, 0.2) is 15.8 Å². The summed E-state index contributed by atoms with van der Waals surface area (Å²) in [5.41, 5.74) is -1.14. The monoisotopic (exact) mass is 284 g/mol. The SMILES string of the molecule is CC(=O)Cc1cn([C@H]2C[C@H](O)[C@@H](CO)O2)c(=O)[nH]c1=O. The van der Waals surface area contributed by atoms with Gasteiger partial charge in [-0.15, -0.1) is 0 Å². The first kappa shape index (κ1) is 14.6. The molecule has 110 valence electrons. The lowest BCUT2D eigenvalue weighted by molar-refractivity contribution is -0.116. The molecule has 0 aliphatic carbocycles. The molecule has 0 amide bonds. The van der Waals surface area contributed by atoms with Crippen molar-refractivity contribution in [3.63, 3.8) is 0 Å². The third kappa shape index (κ3) is 2.87. The standard InChI is InChI=1S/C12H16N2O6/c1-6(16)2-7-4-14(12(19)13-11(7)18)10-3-8(17)9(5-15)20-10/h4,8-10,15,17H,2-3,5H2,1H3,(H,13,18,19)/t8-,9+,10+/m0/s1. The highest BCUT2D eigenvalue weighted by atomic mass is 16.5. The Morgan fingerprint density at radius 1 is 1.55 bits per heavy atom. The summed E-state index contributed by atoms with van der Waals surface area (Å²) in [6, 6.07) is 0. The number of ketones is 1. The highest BCUT2D eigenvalue weighted by Crippen LogP contribution is 2.27. The van der Waals surface area contributed by atoms with Crippen molar-refractivity contribution in [3.8, 4) is 0 Å². The van der Waals surface area contributed by atoms with Crippen LogP contribution in [-0.2, 0) is 16.0 Å². The first-order chi connectivity index (χ1) is 9.42. The van der Waals surface area contributed by atoms with Crippen molar-refractivity contribution in [3.05, 3.63) is 32.6 Å². The van der Waals surface area contributed by atoms with Crippen LogP contribution in [0, 0.1) is 0 Å². The lowest BCUT2D eigenvalue weighted by Crippen LogP contribution is -2.34. The number of hydrogen-bond acceptors (Lipinski definition) is 6. The quantitative estimate of drug-likeness (QED) is 0.606. The van der Waals surface area contributed by atoms with Gasteiger partial charge in [-0.25, -0.2) is 4.79 Å². The molecule has 0 aromatic carbocycles. The topological polar surface area (TPSA) is 122 Å². The number of aliphatic hydroxyl groups excluding tert-OH is 2. The zero-order chi connectivity index (χ0) is 14.9. The molecule has 1 fully saturated rings. The van der Waals surface area contributed by atoms with E-state index in [9.17, 15) is 19.5 Å². The summed E-state index contributed by atoms with van der Waals surface area (Å²) in [7, 11) is 0. The second-order valence-electron chi connectivity index (χ2n) is 4.81. The first-order valence-electron chi connectivity index (χ1n) is 6.20.